The van der Waals surface area contributed by atoms with Gasteiger partial charge in [-0.2, -0.15) is 0 Å². The van der Waals surface area contributed by atoms with Crippen molar-refractivity contribution >= 4 is 17.7 Å². The second-order valence-electron chi connectivity index (χ2n) is 3.93. The zero-order valence-electron chi connectivity index (χ0n) is 10.7. The van der Waals surface area contributed by atoms with Crippen LogP contribution >= 0.6 is 0 Å². The fourth-order valence-corrected chi connectivity index (χ4v) is 1.33. The summed E-state index contributed by atoms with van der Waals surface area (Å²) in [6.07, 6.45) is 5.17. The van der Waals surface area contributed by atoms with Crippen molar-refractivity contribution in [3.05, 3.63) is 17.8 Å². The normalized spacial score (nSPS) is 9.53. The van der Waals surface area contributed by atoms with Crippen molar-refractivity contribution in [2.45, 2.75) is 0 Å². The molecule has 0 radical (unpaired) electrons. The lowest BCUT2D eigenvalue weighted by molar-refractivity contribution is -0.135. The van der Waals surface area contributed by atoms with E-state index in [2.05, 4.69) is 16.1 Å². The summed E-state index contributed by atoms with van der Waals surface area (Å²) >= 11 is 0. The number of terminal acetylenes is 1. The van der Waals surface area contributed by atoms with Gasteiger partial charge in [-0.3, -0.25) is 9.59 Å². The maximum atomic E-state index is 11.6. The van der Waals surface area contributed by atoms with Crippen LogP contribution in [0.2, 0.25) is 0 Å². The second-order valence-corrected chi connectivity index (χ2v) is 3.93. The molecule has 1 heterocycles. The molecular formula is C12H14N4O3. The maximum Gasteiger partial charge on any atom is 0.323 e. The minimum absolute atomic E-state index is 0.0992. The molecule has 0 aliphatic heterocycles. The van der Waals surface area contributed by atoms with E-state index in [1.807, 2.05) is 0 Å². The zero-order chi connectivity index (χ0) is 14.4. The minimum atomic E-state index is -1.02. The van der Waals surface area contributed by atoms with Gasteiger partial charge in [0.2, 0.25) is 0 Å². The highest BCUT2D eigenvalue weighted by atomic mass is 16.4. The Morgan fingerprint density at radius 3 is 2.47 bits per heavy atom. The molecule has 1 rings (SSSR count). The molecule has 7 heteroatoms. The number of hydrogen-bond donors (Lipinski definition) is 1. The monoisotopic (exact) mass is 262 g/mol. The highest BCUT2D eigenvalue weighted by Gasteiger charge is 2.14. The van der Waals surface area contributed by atoms with Crippen LogP contribution in [0.4, 0.5) is 5.82 Å². The number of hydrogen-bond acceptors (Lipinski definition) is 5. The molecular weight excluding hydrogens is 248 g/mol. The van der Waals surface area contributed by atoms with E-state index in [4.69, 9.17) is 11.5 Å². The molecule has 0 saturated heterocycles. The Labute approximate surface area is 110 Å². The minimum Gasteiger partial charge on any atom is -0.480 e. The van der Waals surface area contributed by atoms with E-state index in [-0.39, 0.29) is 24.7 Å². The Kier molecular flexibility index (Phi) is 4.83. The first kappa shape index (κ1) is 14.4. The van der Waals surface area contributed by atoms with Crippen LogP contribution in [0.5, 0.6) is 0 Å². The number of carbonyl (C=O) groups excluding carboxylic acids is 1. The standard InChI is InChI=1S/C12H14N4O3/c1-4-7-16(8-11(17)18)10-6-5-9(13-14-10)12(19)15(2)3/h1,5-6H,7-8H2,2-3H3,(H,17,18). The lowest BCUT2D eigenvalue weighted by atomic mass is 10.3. The lowest BCUT2D eigenvalue weighted by Crippen LogP contribution is -2.31. The summed E-state index contributed by atoms with van der Waals surface area (Å²) in [7, 11) is 3.21. The smallest absolute Gasteiger partial charge is 0.323 e. The van der Waals surface area contributed by atoms with Crippen LogP contribution in [0.25, 0.3) is 0 Å². The highest BCUT2D eigenvalue weighted by Crippen LogP contribution is 2.09. The molecule has 0 unspecified atom stereocenters. The van der Waals surface area contributed by atoms with E-state index >= 15 is 0 Å². The number of aliphatic carboxylic acids is 1. The quantitative estimate of drug-likeness (QED) is 0.733. The van der Waals surface area contributed by atoms with Gasteiger partial charge in [0.1, 0.15) is 6.54 Å². The van der Waals surface area contributed by atoms with E-state index in [0.717, 1.165) is 0 Å². The summed E-state index contributed by atoms with van der Waals surface area (Å²) in [5, 5.41) is 16.4. The van der Waals surface area contributed by atoms with Gasteiger partial charge < -0.3 is 14.9 Å². The predicted molar refractivity (Wildman–Crippen MR) is 68.7 cm³/mol. The molecule has 0 atom stereocenters. The molecule has 0 spiro atoms. The maximum absolute atomic E-state index is 11.6. The van der Waals surface area contributed by atoms with Crippen LogP contribution in [0.1, 0.15) is 10.5 Å². The Morgan fingerprint density at radius 2 is 2.05 bits per heavy atom. The number of rotatable bonds is 5. The SMILES string of the molecule is C#CCN(CC(=O)O)c1ccc(C(=O)N(C)C)nn1. The molecule has 1 aromatic rings. The van der Waals surface area contributed by atoms with Crippen LogP contribution in [0.3, 0.4) is 0 Å². The van der Waals surface area contributed by atoms with Crippen molar-refractivity contribution < 1.29 is 14.7 Å². The third-order valence-corrected chi connectivity index (χ3v) is 2.21. The fourth-order valence-electron chi connectivity index (χ4n) is 1.33. The van der Waals surface area contributed by atoms with E-state index in [1.54, 1.807) is 14.1 Å². The zero-order valence-corrected chi connectivity index (χ0v) is 10.7. The fraction of sp³-hybridized carbons (Fsp3) is 0.333. The molecule has 0 saturated carbocycles. The molecule has 0 aromatic carbocycles. The van der Waals surface area contributed by atoms with Gasteiger partial charge >= 0.3 is 5.97 Å². The molecule has 0 fully saturated rings. The van der Waals surface area contributed by atoms with Crippen molar-refractivity contribution in [2.75, 3.05) is 32.1 Å². The van der Waals surface area contributed by atoms with Gasteiger partial charge in [0.05, 0.1) is 6.54 Å². The molecule has 19 heavy (non-hydrogen) atoms. The molecule has 1 N–H and O–H groups in total. The van der Waals surface area contributed by atoms with E-state index in [9.17, 15) is 9.59 Å². The van der Waals surface area contributed by atoms with Crippen LogP contribution < -0.4 is 4.90 Å². The summed E-state index contributed by atoms with van der Waals surface area (Å²) in [4.78, 5) is 25.1. The number of anilines is 1. The summed E-state index contributed by atoms with van der Waals surface area (Å²) < 4.78 is 0. The van der Waals surface area contributed by atoms with Crippen molar-refractivity contribution in [2.24, 2.45) is 0 Å². The van der Waals surface area contributed by atoms with Gasteiger partial charge in [-0.15, -0.1) is 16.6 Å². The lowest BCUT2D eigenvalue weighted by Gasteiger charge is -2.18. The number of carboxylic acids is 1. The summed E-state index contributed by atoms with van der Waals surface area (Å²) in [6, 6.07) is 3.00. The van der Waals surface area contributed by atoms with Crippen molar-refractivity contribution in [1.29, 1.82) is 0 Å². The van der Waals surface area contributed by atoms with E-state index < -0.39 is 5.97 Å². The molecule has 7 nitrogen and oxygen atoms in total. The van der Waals surface area contributed by atoms with Gasteiger partial charge in [0.15, 0.2) is 11.5 Å². The molecule has 0 aliphatic rings. The molecule has 100 valence electrons. The van der Waals surface area contributed by atoms with Crippen LogP contribution in [0.15, 0.2) is 12.1 Å². The highest BCUT2D eigenvalue weighted by molar-refractivity contribution is 5.91. The topological polar surface area (TPSA) is 86.6 Å². The number of amides is 1. The Morgan fingerprint density at radius 1 is 1.37 bits per heavy atom. The number of carbonyl (C=O) groups is 2. The first-order valence-electron chi connectivity index (χ1n) is 5.41. The summed E-state index contributed by atoms with van der Waals surface area (Å²) in [5.41, 5.74) is 0.185. The summed E-state index contributed by atoms with van der Waals surface area (Å²) in [6.45, 7) is -0.179. The third kappa shape index (κ3) is 3.96. The van der Waals surface area contributed by atoms with E-state index in [0.29, 0.717) is 5.82 Å². The van der Waals surface area contributed by atoms with Gasteiger partial charge in [-0.25, -0.2) is 0 Å². The molecule has 0 aliphatic carbocycles. The number of nitrogens with zero attached hydrogens (tertiary/aromatic N) is 4. The van der Waals surface area contributed by atoms with Crippen LogP contribution in [0, 0.1) is 12.3 Å². The first-order valence-corrected chi connectivity index (χ1v) is 5.41. The Balaban J connectivity index is 2.92. The van der Waals surface area contributed by atoms with Gasteiger partial charge in [0, 0.05) is 14.1 Å². The average molecular weight is 262 g/mol. The Bertz CT molecular complexity index is 505. The van der Waals surface area contributed by atoms with Crippen molar-refractivity contribution in [3.8, 4) is 12.3 Å². The molecule has 1 amide bonds. The summed E-state index contributed by atoms with van der Waals surface area (Å²) in [5.74, 6) is 1.36. The second kappa shape index (κ2) is 6.35. The van der Waals surface area contributed by atoms with Crippen LogP contribution in [-0.4, -0.2) is 59.3 Å². The predicted octanol–water partition coefficient (Wildman–Crippen LogP) is -0.297. The number of carboxylic acid groups (broad SMARTS) is 1. The number of aromatic nitrogens is 2. The first-order chi connectivity index (χ1) is 8.95. The van der Waals surface area contributed by atoms with Crippen LogP contribution in [-0.2, 0) is 4.79 Å². The van der Waals surface area contributed by atoms with Gasteiger partial charge in [0.25, 0.3) is 5.91 Å². The molecule has 1 aromatic heterocycles. The average Bonchev–Trinajstić information content (AvgIpc) is 2.37. The third-order valence-electron chi connectivity index (χ3n) is 2.21. The van der Waals surface area contributed by atoms with E-state index in [1.165, 1.54) is 21.9 Å². The van der Waals surface area contributed by atoms with Crippen molar-refractivity contribution in [3.63, 3.8) is 0 Å². The largest absolute Gasteiger partial charge is 0.480 e. The molecule has 0 bridgehead atoms. The Hall–Kier alpha value is -2.62. The van der Waals surface area contributed by atoms with Gasteiger partial charge in [-0.1, -0.05) is 5.92 Å². The van der Waals surface area contributed by atoms with Gasteiger partial charge in [-0.05, 0) is 12.1 Å². The van der Waals surface area contributed by atoms with Crippen molar-refractivity contribution in [1.82, 2.24) is 15.1 Å².